The van der Waals surface area contributed by atoms with Crippen LogP contribution < -0.4 is 4.90 Å². The Hall–Kier alpha value is -12.3. The third-order valence-corrected chi connectivity index (χ3v) is 23.1. The number of morpholine rings is 1. The molecule has 2 saturated heterocycles. The van der Waals surface area contributed by atoms with Crippen molar-refractivity contribution in [3.63, 3.8) is 0 Å². The quantitative estimate of drug-likeness (QED) is 0.0104. The number of hydrogen-bond acceptors (Lipinski definition) is 31. The molecule has 131 heavy (non-hydrogen) atoms. The molecule has 0 spiro atoms. The van der Waals surface area contributed by atoms with Gasteiger partial charge in [0.2, 0.25) is 29.2 Å². The van der Waals surface area contributed by atoms with Gasteiger partial charge in [0.15, 0.2) is 17.3 Å². The van der Waals surface area contributed by atoms with E-state index in [0.29, 0.717) is 123 Å². The van der Waals surface area contributed by atoms with Crippen LogP contribution in [0.2, 0.25) is 29.1 Å². The van der Waals surface area contributed by atoms with Crippen LogP contribution >= 0.6 is 0 Å². The highest BCUT2D eigenvalue weighted by molar-refractivity contribution is 6.45. The van der Waals surface area contributed by atoms with Crippen molar-refractivity contribution in [2.45, 2.75) is 162 Å². The molecule has 3 amide bonds. The number of Topliss-reactive ketones (excluding diaryl/α,β-unsaturated/α-hetero) is 5. The first-order valence-corrected chi connectivity index (χ1v) is 42.5. The Morgan fingerprint density at radius 1 is 0.450 bits per heavy atom. The number of aromatic nitrogens is 4. The maximum absolute atomic E-state index is 12.7. The number of hydrogen-bond donors (Lipinski definition) is 15. The molecule has 38 heteroatoms. The Morgan fingerprint density at radius 2 is 0.847 bits per heavy atom. The topological polar surface area (TPSA) is 537 Å². The summed E-state index contributed by atoms with van der Waals surface area (Å²) in [5.41, 5.74) is 8.27. The highest BCUT2D eigenvalue weighted by Gasteiger charge is 2.39. The van der Waals surface area contributed by atoms with E-state index in [1.165, 1.54) is 37.5 Å². The number of piperidine rings is 1. The summed E-state index contributed by atoms with van der Waals surface area (Å²) >= 11 is 0. The van der Waals surface area contributed by atoms with Gasteiger partial charge in [0.25, 0.3) is 11.8 Å². The molecule has 3 aliphatic heterocycles. The molecule has 13 rings (SSSR count). The van der Waals surface area contributed by atoms with Crippen molar-refractivity contribution in [2.24, 2.45) is 5.92 Å². The van der Waals surface area contributed by atoms with Crippen molar-refractivity contribution in [1.82, 2.24) is 30.1 Å². The minimum absolute atomic E-state index is 0. The Kier molecular flexibility index (Phi) is 39.4. The molecule has 0 aliphatic carbocycles. The van der Waals surface area contributed by atoms with Crippen molar-refractivity contribution in [2.75, 3.05) is 50.8 Å². The fraction of sp³-hybridized carbons (Fsp3) is 0.355. The number of fused-ring (bicyclic) bond motifs is 1. The summed E-state index contributed by atoms with van der Waals surface area (Å²) in [6.07, 6.45) is 4.48. The first kappa shape index (κ1) is 104. The van der Waals surface area contributed by atoms with Crippen molar-refractivity contribution >= 4 is 88.0 Å². The van der Waals surface area contributed by atoms with E-state index in [0.717, 1.165) is 23.8 Å². The second-order valence-electron chi connectivity index (χ2n) is 32.7. The highest BCUT2D eigenvalue weighted by atomic mass is 16.5. The van der Waals surface area contributed by atoms with E-state index in [9.17, 15) is 114 Å². The van der Waals surface area contributed by atoms with Crippen molar-refractivity contribution in [1.29, 1.82) is 0 Å². The molecule has 15 N–H and O–H groups in total. The van der Waals surface area contributed by atoms with Crippen LogP contribution in [0.4, 0.5) is 5.82 Å². The van der Waals surface area contributed by atoms with Crippen molar-refractivity contribution in [3.05, 3.63) is 260 Å². The average Bonchev–Trinajstić information content (AvgIpc) is 1.63. The number of aromatic hydroxyl groups is 5. The van der Waals surface area contributed by atoms with Gasteiger partial charge >= 0.3 is 35.6 Å². The number of carbonyl (C=O) groups excluding carboxylic acids is 8. The van der Waals surface area contributed by atoms with E-state index >= 15 is 0 Å². The van der Waals surface area contributed by atoms with E-state index in [1.54, 1.807) is 186 Å². The zero-order valence-electron chi connectivity index (χ0n) is 73.3. The number of ether oxygens (including phenoxy) is 1. The van der Waals surface area contributed by atoms with Gasteiger partial charge < -0.3 is 99.4 Å². The fourth-order valence-corrected chi connectivity index (χ4v) is 15.3. The van der Waals surface area contributed by atoms with Crippen LogP contribution in [0.1, 0.15) is 173 Å². The first-order valence-electron chi connectivity index (χ1n) is 42.5. The van der Waals surface area contributed by atoms with E-state index in [2.05, 4.69) is 25.2 Å². The second kappa shape index (κ2) is 49.6. The van der Waals surface area contributed by atoms with E-state index in [1.807, 2.05) is 0 Å². The van der Waals surface area contributed by atoms with Crippen LogP contribution in [0.15, 0.2) is 179 Å². The molecule has 2 fully saturated rings. The summed E-state index contributed by atoms with van der Waals surface area (Å²) in [6, 6.07) is 44.2. The van der Waals surface area contributed by atoms with Crippen molar-refractivity contribution in [3.8, 4) is 40.1 Å². The van der Waals surface area contributed by atoms with Gasteiger partial charge in [-0.3, -0.25) is 43.3 Å². The predicted octanol–water partition coefficient (Wildman–Crippen LogP) is 8.94. The molecular weight excluding hydrogens is 1690 g/mol. The third-order valence-electron chi connectivity index (χ3n) is 23.1. The number of amides is 3. The van der Waals surface area contributed by atoms with Gasteiger partial charge in [-0.2, -0.15) is 4.98 Å². The van der Waals surface area contributed by atoms with E-state index in [-0.39, 0.29) is 152 Å². The minimum atomic E-state index is -1.79. The van der Waals surface area contributed by atoms with Crippen molar-refractivity contribution < 1.29 is 128 Å². The maximum Gasteiger partial charge on any atom is 0.455 e. The number of nitrogens with zero attached hydrogens (tertiary/aromatic N) is 7. The normalized spacial score (nSPS) is 14.0. The lowest BCUT2D eigenvalue weighted by Gasteiger charge is -2.31. The number of aryl methyl sites for hydroxylation is 6. The van der Waals surface area contributed by atoms with E-state index < -0.39 is 88.8 Å². The van der Waals surface area contributed by atoms with Crippen LogP contribution in [-0.2, 0) is 51.2 Å². The van der Waals surface area contributed by atoms with Gasteiger partial charge in [-0.05, 0) is 166 Å². The molecule has 0 bridgehead atoms. The monoisotopic (exact) mass is 1800 g/mol. The fourth-order valence-electron chi connectivity index (χ4n) is 15.3. The third kappa shape index (κ3) is 29.6. The molecule has 6 heterocycles. The number of pyridine rings is 1. The lowest BCUT2D eigenvalue weighted by Crippen LogP contribution is -2.39. The van der Waals surface area contributed by atoms with Gasteiger partial charge in [-0.15, -0.1) is 0 Å². The summed E-state index contributed by atoms with van der Waals surface area (Å²) in [5, 5.41) is 154. The van der Waals surface area contributed by atoms with Gasteiger partial charge in [0.05, 0.1) is 37.1 Å². The number of anilines is 1. The van der Waals surface area contributed by atoms with E-state index in [4.69, 9.17) is 13.8 Å². The van der Waals surface area contributed by atoms with Gasteiger partial charge in [0, 0.05) is 136 Å². The summed E-state index contributed by atoms with van der Waals surface area (Å²) in [5.74, 6) is -4.07. The van der Waals surface area contributed by atoms with Crippen LogP contribution in [0.3, 0.4) is 0 Å². The number of carbonyl (C=O) groups is 8. The molecule has 5 unspecified atom stereocenters. The zero-order valence-corrected chi connectivity index (χ0v) is 73.3. The molecule has 33 nitrogen and oxygen atoms in total. The molecule has 10 aromatic rings. The van der Waals surface area contributed by atoms with Crippen LogP contribution in [0, 0.1) is 47.5 Å². The molecular formula is C93H112B5N7O26. The number of imide groups is 1. The first-order chi connectivity index (χ1) is 61.9. The molecule has 3 aliphatic rings. The average molecular weight is 1800 g/mol. The molecule has 690 valence electrons. The Morgan fingerprint density at radius 3 is 1.22 bits per heavy atom. The Bertz CT molecular complexity index is 5480. The number of likely N-dealkylation sites (tertiary alicyclic amines) is 1. The second-order valence-corrected chi connectivity index (χ2v) is 32.7. The summed E-state index contributed by atoms with van der Waals surface area (Å²) in [4.78, 5) is 112. The number of phenolic OH excluding ortho intramolecular Hbond substituents is 5. The SMILES string of the molecule is C.CC(=O)N1CCC(C(=O)CC(Cc2cccc(C)c2O)B(O)O)CC1.Cc1cccc(CC(CC(=O)CN2C(=O)c3ccccc3C2=O)B(O)O)c1O.Cc1cccc(CC(CC(=O)c2ccc(N3CCOCC3)nc2)B(O)O)c1O.Cc1cccc(CC(CC(=O)c2ccno2)B(O)O)c1O.Cc1nc(-c2cccc(C(=O)CC(Cc3cccc(C)c3O)B(O)O)c2)no1. The standard InChI is InChI=1S/C20H21BN2O5.C20H25BN2O5.C20H20BNO6.C18H26BNO5.C14H16BNO5.CH4/c1-12-5-3-7-15(19(12)25)10-17(21(26)27)11-18(24)14-6-4-8-16(9-14)20-22-13(2)28-23-20;1-14-3-2-4-15(20(14)25)11-17(21(26)27)12-18(24)16-5-6-19(22-13-16)23-7-9-28-10-8-23;1-12-5-4-6-13(18(12)24)9-14(21(27)28)10-15(23)11-22-19(25)16-7-2-3-8-17(16)20(22)26;1-12-4-3-5-15(18(12)23)10-16(19(24)25)11-17(22)14-6-8-20(9-7-14)13(2)21;1-9-3-2-4-10(14(9)18)7-11(15(19)20)8-12(17)13-5-6-16-21-13;/h3-9,17,25-27H,10-11H2,1-2H3;2-6,13,17,25-27H,7-12H2,1H3;2-8,14,24,27-28H,9-11H2,1H3;3-5,14,16,23-25H,6-11H2,1-2H3;2-6,11,18-20H,7-8H2,1H3;1H4. The zero-order chi connectivity index (χ0) is 94.7. The maximum atomic E-state index is 12.7. The van der Waals surface area contributed by atoms with Gasteiger partial charge in [-0.1, -0.05) is 139 Å². The van der Waals surface area contributed by atoms with Gasteiger partial charge in [-0.25, -0.2) is 4.98 Å². The van der Waals surface area contributed by atoms with Gasteiger partial charge in [0.1, 0.15) is 40.3 Å². The molecule has 3 aromatic heterocycles. The summed E-state index contributed by atoms with van der Waals surface area (Å²) in [6.45, 7) is 15.5. The van der Waals surface area contributed by atoms with Crippen LogP contribution in [0.25, 0.3) is 11.4 Å². The minimum Gasteiger partial charge on any atom is -0.507 e. The molecule has 5 atom stereocenters. The van der Waals surface area contributed by atoms with Crippen LogP contribution in [-0.4, -0.2) is 234 Å². The molecule has 0 radical (unpaired) electrons. The lowest BCUT2D eigenvalue weighted by atomic mass is 9.66. The lowest BCUT2D eigenvalue weighted by molar-refractivity contribution is -0.133. The number of para-hydroxylation sites is 5. The number of benzene rings is 7. The number of ketones is 5. The smallest absolute Gasteiger partial charge is 0.455 e. The highest BCUT2D eigenvalue weighted by Crippen LogP contribution is 2.37. The summed E-state index contributed by atoms with van der Waals surface area (Å²) < 4.78 is 15.0. The summed E-state index contributed by atoms with van der Waals surface area (Å²) in [7, 11) is -8.43. The largest absolute Gasteiger partial charge is 0.507 e. The predicted molar refractivity (Wildman–Crippen MR) is 490 cm³/mol. The molecule has 7 aromatic carbocycles. The molecule has 0 saturated carbocycles. The Balaban J connectivity index is 0.000000202. The Labute approximate surface area is 760 Å². The number of rotatable bonds is 33. The van der Waals surface area contributed by atoms with Crippen LogP contribution in [0.5, 0.6) is 28.7 Å². The number of phenols is 5.